The number of hydrogen-bond acceptors (Lipinski definition) is 3. The van der Waals surface area contributed by atoms with Gasteiger partial charge in [0.25, 0.3) is 0 Å². The van der Waals surface area contributed by atoms with E-state index in [-0.39, 0.29) is 12.1 Å². The molecule has 0 aliphatic carbocycles. The molecule has 4 nitrogen and oxygen atoms in total. The van der Waals surface area contributed by atoms with Crippen molar-refractivity contribution in [3.05, 3.63) is 88.5 Å². The number of carboxylic acid groups (broad SMARTS) is 1. The molecule has 0 unspecified atom stereocenters. The van der Waals surface area contributed by atoms with Crippen molar-refractivity contribution < 1.29 is 27.8 Å². The summed E-state index contributed by atoms with van der Waals surface area (Å²) in [5.74, 6) is -0.653. The molecule has 0 aromatic heterocycles. The molecule has 1 atom stereocenters. The number of benzene rings is 3. The number of carbonyl (C=O) groups is 1. The predicted molar refractivity (Wildman–Crippen MR) is 139 cm³/mol. The van der Waals surface area contributed by atoms with Gasteiger partial charge in [-0.1, -0.05) is 67.1 Å². The van der Waals surface area contributed by atoms with Crippen molar-refractivity contribution in [2.45, 2.75) is 44.9 Å². The van der Waals surface area contributed by atoms with Gasteiger partial charge in [-0.15, -0.1) is 0 Å². The highest BCUT2D eigenvalue weighted by Crippen LogP contribution is 2.38. The minimum absolute atomic E-state index is 0.00829. The number of ether oxygens (including phenoxy) is 1. The molecule has 37 heavy (non-hydrogen) atoms. The lowest BCUT2D eigenvalue weighted by Crippen LogP contribution is -2.44. The molecule has 4 rings (SSSR count). The van der Waals surface area contributed by atoms with Crippen LogP contribution in [0.1, 0.15) is 47.1 Å². The second-order valence-electron chi connectivity index (χ2n) is 9.29. The Hall–Kier alpha value is -3.58. The van der Waals surface area contributed by atoms with Crippen molar-refractivity contribution in [3.63, 3.8) is 0 Å². The minimum Gasteiger partial charge on any atom is -0.496 e. The number of nitrogens with zero attached hydrogens (tertiary/aromatic N) is 1. The van der Waals surface area contributed by atoms with E-state index in [1.807, 2.05) is 55.5 Å². The average Bonchev–Trinajstić information content (AvgIpc) is 2.88. The third-order valence-electron chi connectivity index (χ3n) is 6.93. The van der Waals surface area contributed by atoms with E-state index < -0.39 is 23.8 Å². The number of halogens is 3. The molecule has 3 aromatic carbocycles. The predicted octanol–water partition coefficient (Wildman–Crippen LogP) is 7.30. The van der Waals surface area contributed by atoms with Gasteiger partial charge in [0.15, 0.2) is 0 Å². The number of methoxy groups -OCH3 is 1. The number of aliphatic carboxylic acids is 1. The van der Waals surface area contributed by atoms with Gasteiger partial charge >= 0.3 is 12.1 Å². The van der Waals surface area contributed by atoms with Crippen LogP contribution in [0.5, 0.6) is 5.75 Å². The summed E-state index contributed by atoms with van der Waals surface area (Å²) >= 11 is 0. The molecule has 0 amide bonds. The summed E-state index contributed by atoms with van der Waals surface area (Å²) in [5.41, 5.74) is 3.37. The van der Waals surface area contributed by atoms with Crippen LogP contribution in [0.3, 0.4) is 0 Å². The van der Waals surface area contributed by atoms with Crippen LogP contribution in [0, 0.1) is 6.92 Å². The highest BCUT2D eigenvalue weighted by molar-refractivity contribution is 5.78. The topological polar surface area (TPSA) is 49.8 Å². The van der Waals surface area contributed by atoms with Crippen LogP contribution in [-0.2, 0) is 17.5 Å². The summed E-state index contributed by atoms with van der Waals surface area (Å²) in [6.07, 6.45) is 0.638. The van der Waals surface area contributed by atoms with Gasteiger partial charge in [0.1, 0.15) is 11.8 Å². The van der Waals surface area contributed by atoms with E-state index in [1.54, 1.807) is 11.0 Å². The maximum atomic E-state index is 14.2. The Balaban J connectivity index is 1.71. The number of carboxylic acids is 1. The number of piperidine rings is 1. The fraction of sp³-hybridized carbons (Fsp3) is 0.300. The molecule has 7 heteroatoms. The quantitative estimate of drug-likeness (QED) is 0.340. The molecule has 1 aliphatic rings. The van der Waals surface area contributed by atoms with Crippen LogP contribution in [0.2, 0.25) is 0 Å². The molecule has 1 aliphatic heterocycles. The van der Waals surface area contributed by atoms with E-state index in [0.29, 0.717) is 24.3 Å². The zero-order valence-electron chi connectivity index (χ0n) is 20.9. The molecule has 1 fully saturated rings. The normalized spacial score (nSPS) is 16.7. The van der Waals surface area contributed by atoms with Crippen molar-refractivity contribution in [3.8, 4) is 16.9 Å². The zero-order valence-corrected chi connectivity index (χ0v) is 20.9. The summed E-state index contributed by atoms with van der Waals surface area (Å²) in [6.45, 7) is 2.54. The maximum absolute atomic E-state index is 14.2. The molecular weight excluding hydrogens is 479 g/mol. The van der Waals surface area contributed by atoms with Crippen molar-refractivity contribution >= 4 is 18.1 Å². The van der Waals surface area contributed by atoms with Gasteiger partial charge in [-0.3, -0.25) is 9.69 Å². The van der Waals surface area contributed by atoms with Crippen LogP contribution in [0.15, 0.2) is 60.7 Å². The number of rotatable bonds is 7. The second-order valence-corrected chi connectivity index (χ2v) is 9.29. The first kappa shape index (κ1) is 26.5. The SMILES string of the molecule is COc1cc(/C=C/c2cccc(-c3ccccc3)c2C)c(C(F)(F)F)cc1CN1CCCC[C@H]1C(=O)O. The van der Waals surface area contributed by atoms with Crippen LogP contribution >= 0.6 is 0 Å². The molecule has 3 aromatic rings. The Morgan fingerprint density at radius 1 is 1.05 bits per heavy atom. The van der Waals surface area contributed by atoms with Gasteiger partial charge in [0.05, 0.1) is 12.7 Å². The Kier molecular flexibility index (Phi) is 8.03. The number of alkyl halides is 3. The number of likely N-dealkylation sites (tertiary alicyclic amines) is 1. The molecule has 1 N–H and O–H groups in total. The van der Waals surface area contributed by atoms with Gasteiger partial charge in [-0.25, -0.2) is 0 Å². The summed E-state index contributed by atoms with van der Waals surface area (Å²) in [5, 5.41) is 9.57. The second kappa shape index (κ2) is 11.2. The average molecular weight is 510 g/mol. The van der Waals surface area contributed by atoms with Gasteiger partial charge in [0, 0.05) is 12.1 Å². The van der Waals surface area contributed by atoms with Crippen LogP contribution in [-0.4, -0.2) is 35.7 Å². The minimum atomic E-state index is -4.59. The Bertz CT molecular complexity index is 1290. The van der Waals surface area contributed by atoms with E-state index in [9.17, 15) is 23.1 Å². The number of hydrogen-bond donors (Lipinski definition) is 1. The molecule has 1 heterocycles. The molecule has 0 spiro atoms. The lowest BCUT2D eigenvalue weighted by atomic mass is 9.95. The zero-order chi connectivity index (χ0) is 26.6. The third kappa shape index (κ3) is 6.05. The van der Waals surface area contributed by atoms with E-state index in [4.69, 9.17) is 4.74 Å². The van der Waals surface area contributed by atoms with Gasteiger partial charge in [-0.05, 0) is 66.3 Å². The highest BCUT2D eigenvalue weighted by Gasteiger charge is 2.35. The smallest absolute Gasteiger partial charge is 0.417 e. The van der Waals surface area contributed by atoms with Crippen molar-refractivity contribution in [2.24, 2.45) is 0 Å². The lowest BCUT2D eigenvalue weighted by Gasteiger charge is -2.33. The van der Waals surface area contributed by atoms with Crippen LogP contribution in [0.4, 0.5) is 13.2 Å². The van der Waals surface area contributed by atoms with E-state index in [1.165, 1.54) is 19.3 Å². The third-order valence-corrected chi connectivity index (χ3v) is 6.93. The summed E-state index contributed by atoms with van der Waals surface area (Å²) in [7, 11) is 1.41. The maximum Gasteiger partial charge on any atom is 0.417 e. The van der Waals surface area contributed by atoms with E-state index in [0.717, 1.165) is 41.2 Å². The fourth-order valence-electron chi connectivity index (χ4n) is 4.96. The van der Waals surface area contributed by atoms with E-state index in [2.05, 4.69) is 0 Å². The summed E-state index contributed by atoms with van der Waals surface area (Å²) in [6, 6.07) is 17.4. The first-order valence-corrected chi connectivity index (χ1v) is 12.3. The van der Waals surface area contributed by atoms with Crippen LogP contribution < -0.4 is 4.74 Å². The van der Waals surface area contributed by atoms with Crippen molar-refractivity contribution in [1.29, 1.82) is 0 Å². The molecule has 1 saturated heterocycles. The molecule has 0 saturated carbocycles. The largest absolute Gasteiger partial charge is 0.496 e. The van der Waals surface area contributed by atoms with E-state index >= 15 is 0 Å². The monoisotopic (exact) mass is 509 g/mol. The molecule has 194 valence electrons. The summed E-state index contributed by atoms with van der Waals surface area (Å²) < 4.78 is 47.9. The summed E-state index contributed by atoms with van der Waals surface area (Å²) in [4.78, 5) is 13.4. The van der Waals surface area contributed by atoms with Gasteiger partial charge in [-0.2, -0.15) is 13.2 Å². The van der Waals surface area contributed by atoms with Crippen molar-refractivity contribution in [2.75, 3.05) is 13.7 Å². The first-order valence-electron chi connectivity index (χ1n) is 12.3. The Labute approximate surface area is 215 Å². The molecule has 0 bridgehead atoms. The van der Waals surface area contributed by atoms with Gasteiger partial charge < -0.3 is 9.84 Å². The Morgan fingerprint density at radius 2 is 1.78 bits per heavy atom. The first-order chi connectivity index (χ1) is 17.7. The lowest BCUT2D eigenvalue weighted by molar-refractivity contribution is -0.145. The van der Waals surface area contributed by atoms with Crippen LogP contribution in [0.25, 0.3) is 23.3 Å². The van der Waals surface area contributed by atoms with Gasteiger partial charge in [0.2, 0.25) is 0 Å². The fourth-order valence-corrected chi connectivity index (χ4v) is 4.96. The standard InChI is InChI=1S/C30H30F3NO3/c1-20-21(11-8-12-25(20)22-9-4-3-5-10-22)14-15-23-18-28(37-2)24(17-26(23)30(31,32)33)19-34-16-7-6-13-27(34)29(35)36/h3-5,8-12,14-15,17-18,27H,6-7,13,16,19H2,1-2H3,(H,35,36)/b15-14+/t27-/m0/s1. The highest BCUT2D eigenvalue weighted by atomic mass is 19.4. The Morgan fingerprint density at radius 3 is 2.46 bits per heavy atom. The molecular formula is C30H30F3NO3. The molecule has 0 radical (unpaired) electrons. The van der Waals surface area contributed by atoms with Crippen molar-refractivity contribution in [1.82, 2.24) is 4.90 Å².